The lowest BCUT2D eigenvalue weighted by Crippen LogP contribution is -2.37. The minimum atomic E-state index is -0.365. The number of rotatable bonds is 5. The maximum Gasteiger partial charge on any atom is 0.271 e. The summed E-state index contributed by atoms with van der Waals surface area (Å²) in [5.74, 6) is -0.722. The summed E-state index contributed by atoms with van der Waals surface area (Å²) in [6.45, 7) is 1.75. The monoisotopic (exact) mass is 294 g/mol. The van der Waals surface area contributed by atoms with Gasteiger partial charge in [-0.25, -0.2) is 9.37 Å². The maximum atomic E-state index is 13.6. The Balaban J connectivity index is 2.17. The molecule has 6 heteroatoms. The Bertz CT molecular complexity index is 596. The molecule has 4 nitrogen and oxygen atoms in total. The SMILES string of the molecule is CCC(CO)NC(=O)c1csc(-c2ccccc2F)n1. The highest BCUT2D eigenvalue weighted by Gasteiger charge is 2.16. The van der Waals surface area contributed by atoms with Crippen LogP contribution in [0.5, 0.6) is 0 Å². The van der Waals surface area contributed by atoms with Gasteiger partial charge in [0.15, 0.2) is 0 Å². The first kappa shape index (κ1) is 14.6. The van der Waals surface area contributed by atoms with Gasteiger partial charge in [0.05, 0.1) is 12.6 Å². The molecule has 1 aromatic heterocycles. The quantitative estimate of drug-likeness (QED) is 0.890. The highest BCUT2D eigenvalue weighted by Crippen LogP contribution is 2.26. The first-order valence-corrected chi connectivity index (χ1v) is 7.15. The second kappa shape index (κ2) is 6.58. The van der Waals surface area contributed by atoms with E-state index in [9.17, 15) is 9.18 Å². The van der Waals surface area contributed by atoms with Crippen LogP contribution < -0.4 is 5.32 Å². The predicted octanol–water partition coefficient (Wildman–Crippen LogP) is 2.45. The smallest absolute Gasteiger partial charge is 0.271 e. The van der Waals surface area contributed by atoms with Crippen molar-refractivity contribution < 1.29 is 14.3 Å². The van der Waals surface area contributed by atoms with Gasteiger partial charge in [-0.2, -0.15) is 0 Å². The van der Waals surface area contributed by atoms with Crippen LogP contribution in [0.2, 0.25) is 0 Å². The predicted molar refractivity (Wildman–Crippen MR) is 76.1 cm³/mol. The Morgan fingerprint density at radius 1 is 1.50 bits per heavy atom. The number of carbonyl (C=O) groups excluding carboxylic acids is 1. The molecular formula is C14H15FN2O2S. The molecule has 0 aliphatic heterocycles. The molecule has 106 valence electrons. The van der Waals surface area contributed by atoms with Gasteiger partial charge in [-0.05, 0) is 18.6 Å². The van der Waals surface area contributed by atoms with Gasteiger partial charge in [-0.15, -0.1) is 11.3 Å². The van der Waals surface area contributed by atoms with Crippen molar-refractivity contribution >= 4 is 17.2 Å². The van der Waals surface area contributed by atoms with Crippen LogP contribution in [0.1, 0.15) is 23.8 Å². The fourth-order valence-electron chi connectivity index (χ4n) is 1.67. The van der Waals surface area contributed by atoms with E-state index in [1.165, 1.54) is 17.4 Å². The van der Waals surface area contributed by atoms with Crippen LogP contribution in [-0.4, -0.2) is 28.6 Å². The van der Waals surface area contributed by atoms with Gasteiger partial charge in [-0.3, -0.25) is 4.79 Å². The molecule has 2 N–H and O–H groups in total. The molecule has 1 atom stereocenters. The maximum absolute atomic E-state index is 13.6. The first-order valence-electron chi connectivity index (χ1n) is 6.27. The molecule has 1 unspecified atom stereocenters. The minimum Gasteiger partial charge on any atom is -0.394 e. The first-order chi connectivity index (χ1) is 9.65. The Morgan fingerprint density at radius 3 is 2.90 bits per heavy atom. The van der Waals surface area contributed by atoms with Crippen molar-refractivity contribution in [2.75, 3.05) is 6.61 Å². The van der Waals surface area contributed by atoms with Crippen LogP contribution in [0.3, 0.4) is 0 Å². The summed E-state index contributed by atoms with van der Waals surface area (Å²) in [5, 5.41) is 13.8. The van der Waals surface area contributed by atoms with Crippen molar-refractivity contribution in [3.63, 3.8) is 0 Å². The zero-order chi connectivity index (χ0) is 14.5. The third-order valence-electron chi connectivity index (χ3n) is 2.89. The van der Waals surface area contributed by atoms with Gasteiger partial charge >= 0.3 is 0 Å². The number of aliphatic hydroxyl groups is 1. The zero-order valence-electron chi connectivity index (χ0n) is 11.0. The van der Waals surface area contributed by atoms with E-state index in [1.54, 1.807) is 23.6 Å². The molecule has 0 saturated carbocycles. The number of aliphatic hydroxyl groups excluding tert-OH is 1. The number of hydrogen-bond acceptors (Lipinski definition) is 4. The van der Waals surface area contributed by atoms with Gasteiger partial charge in [0.1, 0.15) is 16.5 Å². The van der Waals surface area contributed by atoms with Crippen LogP contribution >= 0.6 is 11.3 Å². The van der Waals surface area contributed by atoms with E-state index in [0.29, 0.717) is 17.0 Å². The number of hydrogen-bond donors (Lipinski definition) is 2. The van der Waals surface area contributed by atoms with Crippen molar-refractivity contribution in [2.45, 2.75) is 19.4 Å². The lowest BCUT2D eigenvalue weighted by molar-refractivity contribution is 0.0910. The molecule has 1 aromatic carbocycles. The Labute approximate surface area is 120 Å². The molecule has 0 radical (unpaired) electrons. The number of thiazole rings is 1. The van der Waals surface area contributed by atoms with Crippen molar-refractivity contribution in [2.24, 2.45) is 0 Å². The standard InChI is InChI=1S/C14H15FN2O2S/c1-2-9(7-18)16-13(19)12-8-20-14(17-12)10-5-3-4-6-11(10)15/h3-6,8-9,18H,2,7H2,1H3,(H,16,19). The van der Waals surface area contributed by atoms with E-state index in [1.807, 2.05) is 6.92 Å². The Hall–Kier alpha value is -1.79. The summed E-state index contributed by atoms with van der Waals surface area (Å²) in [6.07, 6.45) is 0.631. The van der Waals surface area contributed by atoms with Crippen molar-refractivity contribution in [1.29, 1.82) is 0 Å². The number of nitrogens with one attached hydrogen (secondary N) is 1. The van der Waals surface area contributed by atoms with Crippen LogP contribution in [0.15, 0.2) is 29.6 Å². The van der Waals surface area contributed by atoms with Crippen molar-refractivity contribution in [3.05, 3.63) is 41.2 Å². The summed E-state index contributed by atoms with van der Waals surface area (Å²) in [7, 11) is 0. The fourth-order valence-corrected chi connectivity index (χ4v) is 2.50. The van der Waals surface area contributed by atoms with E-state index in [0.717, 1.165) is 0 Å². The summed E-state index contributed by atoms with van der Waals surface area (Å²) >= 11 is 1.21. The van der Waals surface area contributed by atoms with E-state index in [2.05, 4.69) is 10.3 Å². The molecule has 2 aromatic rings. The summed E-state index contributed by atoms with van der Waals surface area (Å²) < 4.78 is 13.6. The van der Waals surface area contributed by atoms with Crippen LogP contribution in [0.25, 0.3) is 10.6 Å². The van der Waals surface area contributed by atoms with Gasteiger partial charge < -0.3 is 10.4 Å². The fraction of sp³-hybridized carbons (Fsp3) is 0.286. The Kier molecular flexibility index (Phi) is 4.81. The molecule has 1 heterocycles. The van der Waals surface area contributed by atoms with Crippen molar-refractivity contribution in [3.8, 4) is 10.6 Å². The van der Waals surface area contributed by atoms with E-state index in [-0.39, 0.29) is 30.1 Å². The number of nitrogens with zero attached hydrogens (tertiary/aromatic N) is 1. The minimum absolute atomic E-state index is 0.119. The van der Waals surface area contributed by atoms with Gasteiger partial charge in [0.25, 0.3) is 5.91 Å². The zero-order valence-corrected chi connectivity index (χ0v) is 11.8. The van der Waals surface area contributed by atoms with E-state index >= 15 is 0 Å². The second-order valence-corrected chi connectivity index (χ2v) is 5.14. The molecule has 0 saturated heterocycles. The highest BCUT2D eigenvalue weighted by atomic mass is 32.1. The summed E-state index contributed by atoms with van der Waals surface area (Å²) in [6, 6.07) is 6.01. The molecule has 0 fully saturated rings. The molecule has 0 aliphatic carbocycles. The molecule has 0 spiro atoms. The molecular weight excluding hydrogens is 279 g/mol. The second-order valence-electron chi connectivity index (χ2n) is 4.28. The molecule has 0 aliphatic rings. The molecule has 20 heavy (non-hydrogen) atoms. The summed E-state index contributed by atoms with van der Waals surface area (Å²) in [4.78, 5) is 16.1. The number of aromatic nitrogens is 1. The van der Waals surface area contributed by atoms with Crippen LogP contribution in [0, 0.1) is 5.82 Å². The Morgan fingerprint density at radius 2 is 2.25 bits per heavy atom. The summed E-state index contributed by atoms with van der Waals surface area (Å²) in [5.41, 5.74) is 0.617. The van der Waals surface area contributed by atoms with Crippen molar-refractivity contribution in [1.82, 2.24) is 10.3 Å². The number of carbonyl (C=O) groups is 1. The van der Waals surface area contributed by atoms with Crippen LogP contribution in [-0.2, 0) is 0 Å². The van der Waals surface area contributed by atoms with E-state index < -0.39 is 0 Å². The number of amides is 1. The number of halogens is 1. The van der Waals surface area contributed by atoms with Crippen LogP contribution in [0.4, 0.5) is 4.39 Å². The van der Waals surface area contributed by atoms with E-state index in [4.69, 9.17) is 5.11 Å². The van der Waals surface area contributed by atoms with Gasteiger partial charge in [0, 0.05) is 10.9 Å². The number of benzene rings is 1. The largest absolute Gasteiger partial charge is 0.394 e. The average molecular weight is 294 g/mol. The third kappa shape index (κ3) is 3.20. The lowest BCUT2D eigenvalue weighted by Gasteiger charge is -2.12. The van der Waals surface area contributed by atoms with Gasteiger partial charge in [-0.1, -0.05) is 19.1 Å². The average Bonchev–Trinajstić information content (AvgIpc) is 2.94. The molecule has 0 bridgehead atoms. The highest BCUT2D eigenvalue weighted by molar-refractivity contribution is 7.13. The topological polar surface area (TPSA) is 62.2 Å². The van der Waals surface area contributed by atoms with Gasteiger partial charge in [0.2, 0.25) is 0 Å². The molecule has 2 rings (SSSR count). The lowest BCUT2D eigenvalue weighted by atomic mass is 10.2. The normalized spacial score (nSPS) is 12.2. The third-order valence-corrected chi connectivity index (χ3v) is 3.77. The molecule has 1 amide bonds.